The largest absolute Gasteiger partial charge is 0.233 e. The second-order valence-electron chi connectivity index (χ2n) is 4.61. The number of halogens is 1. The highest BCUT2D eigenvalue weighted by Gasteiger charge is 2.18. The van der Waals surface area contributed by atoms with Gasteiger partial charge in [-0.3, -0.25) is 0 Å². The van der Waals surface area contributed by atoms with Crippen molar-refractivity contribution in [2.45, 2.75) is 19.3 Å². The summed E-state index contributed by atoms with van der Waals surface area (Å²) in [5.41, 5.74) is 5.47. The van der Waals surface area contributed by atoms with Crippen LogP contribution in [0.15, 0.2) is 34.9 Å². The van der Waals surface area contributed by atoms with E-state index in [4.69, 9.17) is 0 Å². The number of aryl methyl sites for hydroxylation is 2. The molecule has 0 saturated heterocycles. The van der Waals surface area contributed by atoms with Crippen molar-refractivity contribution >= 4 is 32.3 Å². The van der Waals surface area contributed by atoms with E-state index in [-0.39, 0.29) is 0 Å². The molecule has 0 saturated carbocycles. The molecule has 0 unspecified atom stereocenters. The average Bonchev–Trinajstić information content (AvgIpc) is 2.67. The van der Waals surface area contributed by atoms with Crippen LogP contribution in [0.4, 0.5) is 0 Å². The van der Waals surface area contributed by atoms with Crippen LogP contribution in [0.5, 0.6) is 0 Å². The number of benzene rings is 1. The van der Waals surface area contributed by atoms with E-state index in [0.717, 1.165) is 4.47 Å². The number of rotatable bonds is 0. The van der Waals surface area contributed by atoms with Crippen molar-refractivity contribution in [2.75, 3.05) is 0 Å². The zero-order valence-electron chi connectivity index (χ0n) is 9.28. The number of nitrogens with zero attached hydrogens (tertiary/aromatic N) is 2. The molecule has 0 radical (unpaired) electrons. The van der Waals surface area contributed by atoms with E-state index < -0.39 is 0 Å². The molecule has 1 aliphatic carbocycles. The molecule has 0 bridgehead atoms. The Bertz CT molecular complexity index is 743. The minimum absolute atomic E-state index is 1.11. The zero-order valence-corrected chi connectivity index (χ0v) is 10.9. The van der Waals surface area contributed by atoms with Crippen LogP contribution in [0.25, 0.3) is 16.4 Å². The molecule has 1 aliphatic rings. The smallest absolute Gasteiger partial charge is 0.0739 e. The van der Waals surface area contributed by atoms with Crippen LogP contribution < -0.4 is 0 Å². The van der Waals surface area contributed by atoms with Crippen LogP contribution >= 0.6 is 15.9 Å². The van der Waals surface area contributed by atoms with Gasteiger partial charge in [-0.2, -0.15) is 5.10 Å². The second kappa shape index (κ2) is 3.33. The van der Waals surface area contributed by atoms with Gasteiger partial charge in [-0.05, 0) is 48.6 Å². The Labute approximate surface area is 107 Å². The number of hydrogen-bond donors (Lipinski definition) is 0. The minimum Gasteiger partial charge on any atom is -0.233 e. The van der Waals surface area contributed by atoms with E-state index in [2.05, 4.69) is 49.8 Å². The van der Waals surface area contributed by atoms with E-state index in [0.29, 0.717) is 0 Å². The zero-order chi connectivity index (χ0) is 11.4. The Kier molecular flexibility index (Phi) is 1.89. The van der Waals surface area contributed by atoms with Crippen LogP contribution in [0.2, 0.25) is 0 Å². The van der Waals surface area contributed by atoms with Crippen molar-refractivity contribution in [1.29, 1.82) is 0 Å². The van der Waals surface area contributed by atoms with E-state index in [9.17, 15) is 0 Å². The summed E-state index contributed by atoms with van der Waals surface area (Å²) in [5.74, 6) is 0. The molecule has 3 heteroatoms. The Hall–Kier alpha value is -1.35. The Morgan fingerprint density at radius 3 is 3.06 bits per heavy atom. The van der Waals surface area contributed by atoms with Gasteiger partial charge < -0.3 is 0 Å². The summed E-state index contributed by atoms with van der Waals surface area (Å²) in [5, 5.41) is 5.86. The average molecular weight is 287 g/mol. The van der Waals surface area contributed by atoms with E-state index >= 15 is 0 Å². The highest BCUT2D eigenvalue weighted by molar-refractivity contribution is 9.10. The summed E-state index contributed by atoms with van der Waals surface area (Å²) in [6.07, 6.45) is 5.52. The van der Waals surface area contributed by atoms with E-state index in [1.54, 1.807) is 0 Å². The fraction of sp³-hybridized carbons (Fsp3) is 0.214. The van der Waals surface area contributed by atoms with Crippen molar-refractivity contribution < 1.29 is 0 Å². The van der Waals surface area contributed by atoms with Gasteiger partial charge in [0.25, 0.3) is 0 Å². The van der Waals surface area contributed by atoms with Gasteiger partial charge in [0.15, 0.2) is 0 Å². The molecule has 2 heterocycles. The Morgan fingerprint density at radius 1 is 1.18 bits per heavy atom. The lowest BCUT2D eigenvalue weighted by molar-refractivity contribution is 0.793. The highest BCUT2D eigenvalue weighted by atomic mass is 79.9. The standard InChI is InChI=1S/C14H11BrN2/c15-10-4-5-11-12-3-1-2-9-6-7-16-17(14(9)12)13(11)8-10/h4-8H,1-3H2. The molecule has 2 aromatic heterocycles. The van der Waals surface area contributed by atoms with Crippen molar-refractivity contribution in [3.8, 4) is 0 Å². The monoisotopic (exact) mass is 286 g/mol. The highest BCUT2D eigenvalue weighted by Crippen LogP contribution is 2.34. The number of hydrogen-bond acceptors (Lipinski definition) is 1. The molecule has 0 amide bonds. The lowest BCUT2D eigenvalue weighted by Gasteiger charge is -2.11. The molecular formula is C14H11BrN2. The maximum atomic E-state index is 4.51. The van der Waals surface area contributed by atoms with Crippen LogP contribution in [-0.4, -0.2) is 9.61 Å². The van der Waals surface area contributed by atoms with Gasteiger partial charge >= 0.3 is 0 Å². The molecule has 0 atom stereocenters. The molecule has 0 fully saturated rings. The number of aromatic nitrogens is 2. The first-order chi connectivity index (χ1) is 8.34. The van der Waals surface area contributed by atoms with E-state index in [1.165, 1.54) is 46.8 Å². The van der Waals surface area contributed by atoms with Gasteiger partial charge in [-0.1, -0.05) is 22.0 Å². The molecule has 17 heavy (non-hydrogen) atoms. The van der Waals surface area contributed by atoms with Gasteiger partial charge in [0, 0.05) is 16.1 Å². The molecule has 0 spiro atoms. The summed E-state index contributed by atoms with van der Waals surface area (Å²) < 4.78 is 3.21. The van der Waals surface area contributed by atoms with Crippen molar-refractivity contribution in [2.24, 2.45) is 0 Å². The third-order valence-electron chi connectivity index (χ3n) is 3.65. The SMILES string of the molecule is Brc1ccc2c3c4c(ccnn4c2c1)CCC3. The third kappa shape index (κ3) is 1.23. The lowest BCUT2D eigenvalue weighted by Crippen LogP contribution is -2.02. The first kappa shape index (κ1) is 9.66. The molecule has 3 aromatic rings. The normalized spacial score (nSPS) is 14.6. The topological polar surface area (TPSA) is 17.3 Å². The molecule has 0 aliphatic heterocycles. The Morgan fingerprint density at radius 2 is 2.12 bits per heavy atom. The quantitative estimate of drug-likeness (QED) is 0.615. The van der Waals surface area contributed by atoms with Gasteiger partial charge in [0.2, 0.25) is 0 Å². The summed E-state index contributed by atoms with van der Waals surface area (Å²) in [6, 6.07) is 8.64. The predicted octanol–water partition coefficient (Wildman–Crippen LogP) is 3.74. The fourth-order valence-electron chi connectivity index (χ4n) is 2.94. The first-order valence-corrected chi connectivity index (χ1v) is 6.70. The Balaban J connectivity index is 2.31. The van der Waals surface area contributed by atoms with Crippen molar-refractivity contribution in [3.63, 3.8) is 0 Å². The van der Waals surface area contributed by atoms with E-state index in [1.807, 2.05) is 6.20 Å². The summed E-state index contributed by atoms with van der Waals surface area (Å²) in [4.78, 5) is 0. The van der Waals surface area contributed by atoms with Crippen LogP contribution in [0.1, 0.15) is 17.5 Å². The fourth-order valence-corrected chi connectivity index (χ4v) is 3.29. The van der Waals surface area contributed by atoms with Crippen molar-refractivity contribution in [1.82, 2.24) is 9.61 Å². The van der Waals surface area contributed by atoms with Gasteiger partial charge in [0.05, 0.1) is 11.0 Å². The molecule has 84 valence electrons. The first-order valence-electron chi connectivity index (χ1n) is 5.91. The summed E-state index contributed by atoms with van der Waals surface area (Å²) >= 11 is 3.54. The maximum absolute atomic E-state index is 4.51. The maximum Gasteiger partial charge on any atom is 0.0739 e. The molecule has 4 rings (SSSR count). The third-order valence-corrected chi connectivity index (χ3v) is 4.14. The summed E-state index contributed by atoms with van der Waals surface area (Å²) in [7, 11) is 0. The van der Waals surface area contributed by atoms with Gasteiger partial charge in [-0.25, -0.2) is 4.52 Å². The van der Waals surface area contributed by atoms with Crippen molar-refractivity contribution in [3.05, 3.63) is 46.1 Å². The molecule has 0 N–H and O–H groups in total. The van der Waals surface area contributed by atoms with Gasteiger partial charge in [0.1, 0.15) is 0 Å². The van der Waals surface area contributed by atoms with Crippen LogP contribution in [-0.2, 0) is 12.8 Å². The predicted molar refractivity (Wildman–Crippen MR) is 72.4 cm³/mol. The van der Waals surface area contributed by atoms with Gasteiger partial charge in [-0.15, -0.1) is 0 Å². The van der Waals surface area contributed by atoms with Crippen LogP contribution in [0, 0.1) is 0 Å². The second-order valence-corrected chi connectivity index (χ2v) is 5.53. The summed E-state index contributed by atoms with van der Waals surface area (Å²) in [6.45, 7) is 0. The molecule has 2 nitrogen and oxygen atoms in total. The number of fused-ring (bicyclic) bond motifs is 3. The molecular weight excluding hydrogens is 276 g/mol. The lowest BCUT2D eigenvalue weighted by atomic mass is 9.95. The molecule has 1 aromatic carbocycles. The van der Waals surface area contributed by atoms with Crippen LogP contribution in [0.3, 0.4) is 0 Å². The minimum atomic E-state index is 1.11.